The molecule has 0 bridgehead atoms. The van der Waals surface area contributed by atoms with Crippen molar-refractivity contribution in [2.75, 3.05) is 13.1 Å². The molecule has 0 aromatic heterocycles. The van der Waals surface area contributed by atoms with E-state index in [-0.39, 0.29) is 10.8 Å². The molecular formula is C17H23ClFN. The maximum atomic E-state index is 14.1. The smallest absolute Gasteiger partial charge is 0.148 e. The molecule has 0 radical (unpaired) electrons. The van der Waals surface area contributed by atoms with E-state index < -0.39 is 0 Å². The van der Waals surface area contributed by atoms with Gasteiger partial charge in [-0.05, 0) is 31.4 Å². The van der Waals surface area contributed by atoms with Crippen molar-refractivity contribution >= 4 is 17.7 Å². The van der Waals surface area contributed by atoms with Gasteiger partial charge in [0.2, 0.25) is 0 Å². The molecule has 1 saturated carbocycles. The first-order chi connectivity index (χ1) is 9.72. The van der Waals surface area contributed by atoms with Crippen LogP contribution in [0.5, 0.6) is 0 Å². The second kappa shape index (κ2) is 7.80. The van der Waals surface area contributed by atoms with Gasteiger partial charge in [-0.3, -0.25) is 0 Å². The highest BCUT2D eigenvalue weighted by atomic mass is 35.5. The summed E-state index contributed by atoms with van der Waals surface area (Å²) in [4.78, 5) is 0. The van der Waals surface area contributed by atoms with Crippen LogP contribution < -0.4 is 5.32 Å². The molecule has 1 fully saturated rings. The minimum atomic E-state index is -0.307. The van der Waals surface area contributed by atoms with Crippen LogP contribution in [0, 0.1) is 11.7 Å². The Kier molecular flexibility index (Phi) is 6.06. The number of nitrogens with one attached hydrogen (secondary N) is 1. The first-order valence-corrected chi connectivity index (χ1v) is 7.95. The monoisotopic (exact) mass is 295 g/mol. The number of hydrogen-bond donors (Lipinski definition) is 1. The fraction of sp³-hybridized carbons (Fsp3) is 0.529. The molecule has 0 spiro atoms. The van der Waals surface area contributed by atoms with Gasteiger partial charge in [0.15, 0.2) is 0 Å². The number of halogens is 2. The van der Waals surface area contributed by atoms with E-state index in [0.717, 1.165) is 13.1 Å². The number of rotatable bonds is 5. The summed E-state index contributed by atoms with van der Waals surface area (Å²) < 4.78 is 14.1. The van der Waals surface area contributed by atoms with Crippen molar-refractivity contribution in [2.24, 2.45) is 5.92 Å². The first-order valence-electron chi connectivity index (χ1n) is 7.57. The van der Waals surface area contributed by atoms with Crippen molar-refractivity contribution < 1.29 is 4.39 Å². The van der Waals surface area contributed by atoms with Gasteiger partial charge >= 0.3 is 0 Å². The molecule has 1 aromatic carbocycles. The van der Waals surface area contributed by atoms with Crippen molar-refractivity contribution in [3.8, 4) is 0 Å². The van der Waals surface area contributed by atoms with Crippen LogP contribution in [0.2, 0.25) is 5.02 Å². The molecule has 0 heterocycles. The molecule has 0 amide bonds. The Bertz CT molecular complexity index is 464. The lowest BCUT2D eigenvalue weighted by Gasteiger charge is -2.25. The van der Waals surface area contributed by atoms with E-state index in [1.165, 1.54) is 37.7 Å². The number of hydrogen-bond acceptors (Lipinski definition) is 1. The van der Waals surface area contributed by atoms with Crippen LogP contribution in [0.15, 0.2) is 23.8 Å². The Morgan fingerprint density at radius 1 is 1.35 bits per heavy atom. The summed E-state index contributed by atoms with van der Waals surface area (Å²) in [5.41, 5.74) is 1.92. The van der Waals surface area contributed by atoms with E-state index >= 15 is 0 Å². The fourth-order valence-corrected chi connectivity index (χ4v) is 3.07. The van der Waals surface area contributed by atoms with E-state index in [4.69, 9.17) is 11.6 Å². The molecule has 1 aromatic rings. The van der Waals surface area contributed by atoms with Gasteiger partial charge in [0, 0.05) is 12.1 Å². The van der Waals surface area contributed by atoms with Crippen molar-refractivity contribution in [2.45, 2.75) is 39.0 Å². The van der Waals surface area contributed by atoms with Crippen LogP contribution in [0.4, 0.5) is 4.39 Å². The predicted molar refractivity (Wildman–Crippen MR) is 84.5 cm³/mol. The van der Waals surface area contributed by atoms with E-state index in [2.05, 4.69) is 12.2 Å². The maximum Gasteiger partial charge on any atom is 0.148 e. The Hall–Kier alpha value is -0.860. The lowest BCUT2D eigenvalue weighted by molar-refractivity contribution is 0.397. The summed E-state index contributed by atoms with van der Waals surface area (Å²) in [5, 5.41) is 3.58. The van der Waals surface area contributed by atoms with Crippen molar-refractivity contribution in [3.63, 3.8) is 0 Å². The highest BCUT2D eigenvalue weighted by Crippen LogP contribution is 2.31. The van der Waals surface area contributed by atoms with Gasteiger partial charge in [0.1, 0.15) is 5.82 Å². The fourth-order valence-electron chi connectivity index (χ4n) is 2.89. The Labute approximate surface area is 126 Å². The number of benzene rings is 1. The zero-order chi connectivity index (χ0) is 14.4. The van der Waals surface area contributed by atoms with Crippen LogP contribution >= 0.6 is 11.6 Å². The van der Waals surface area contributed by atoms with Gasteiger partial charge < -0.3 is 5.32 Å². The second-order valence-electron chi connectivity index (χ2n) is 5.48. The maximum absolute atomic E-state index is 14.1. The molecule has 1 N–H and O–H groups in total. The molecule has 0 aliphatic heterocycles. The second-order valence-corrected chi connectivity index (χ2v) is 5.88. The Morgan fingerprint density at radius 2 is 2.10 bits per heavy atom. The standard InChI is InChI=1S/C17H23ClFN/c1-2-20-12-15(13-7-4-3-5-8-13)11-14-9-6-10-16(18)17(14)19/h6,9-11,13,20H,2-5,7-8,12H2,1H3/b15-11-. The third-order valence-electron chi connectivity index (χ3n) is 4.03. The Morgan fingerprint density at radius 3 is 2.80 bits per heavy atom. The van der Waals surface area contributed by atoms with Gasteiger partial charge in [0.25, 0.3) is 0 Å². The Balaban J connectivity index is 2.24. The van der Waals surface area contributed by atoms with E-state index in [0.29, 0.717) is 11.5 Å². The summed E-state index contributed by atoms with van der Waals surface area (Å²) in [6, 6.07) is 5.21. The molecular weight excluding hydrogens is 273 g/mol. The van der Waals surface area contributed by atoms with E-state index in [1.807, 2.05) is 12.1 Å². The molecule has 20 heavy (non-hydrogen) atoms. The molecule has 3 heteroatoms. The molecule has 0 atom stereocenters. The third kappa shape index (κ3) is 4.07. The zero-order valence-electron chi connectivity index (χ0n) is 12.1. The van der Waals surface area contributed by atoms with Gasteiger partial charge in [-0.2, -0.15) is 0 Å². The molecule has 1 aliphatic carbocycles. The molecule has 0 saturated heterocycles. The minimum absolute atomic E-state index is 0.199. The summed E-state index contributed by atoms with van der Waals surface area (Å²) >= 11 is 5.87. The normalized spacial score (nSPS) is 17.4. The molecule has 0 unspecified atom stereocenters. The molecule has 1 nitrogen and oxygen atoms in total. The average molecular weight is 296 g/mol. The molecule has 1 aliphatic rings. The van der Waals surface area contributed by atoms with Gasteiger partial charge in [-0.1, -0.05) is 61.6 Å². The summed E-state index contributed by atoms with van der Waals surface area (Å²) in [6.07, 6.45) is 8.34. The topological polar surface area (TPSA) is 12.0 Å². The minimum Gasteiger partial charge on any atom is -0.313 e. The SMILES string of the molecule is CCNC/C(=C/c1cccc(Cl)c1F)C1CCCCC1. The van der Waals surface area contributed by atoms with Crippen molar-refractivity contribution in [3.05, 3.63) is 40.2 Å². The highest BCUT2D eigenvalue weighted by molar-refractivity contribution is 6.30. The summed E-state index contributed by atoms with van der Waals surface area (Å²) in [5.74, 6) is 0.278. The summed E-state index contributed by atoms with van der Waals surface area (Å²) in [6.45, 7) is 3.87. The van der Waals surface area contributed by atoms with Crippen LogP contribution in [0.3, 0.4) is 0 Å². The molecule has 110 valence electrons. The lowest BCUT2D eigenvalue weighted by atomic mass is 9.83. The first kappa shape index (κ1) is 15.5. The van der Waals surface area contributed by atoms with Gasteiger partial charge in [0.05, 0.1) is 5.02 Å². The quantitative estimate of drug-likeness (QED) is 0.801. The average Bonchev–Trinajstić information content (AvgIpc) is 2.48. The highest BCUT2D eigenvalue weighted by Gasteiger charge is 2.18. The van der Waals surface area contributed by atoms with Crippen LogP contribution in [0.25, 0.3) is 6.08 Å². The van der Waals surface area contributed by atoms with Crippen molar-refractivity contribution in [1.29, 1.82) is 0 Å². The summed E-state index contributed by atoms with van der Waals surface area (Å²) in [7, 11) is 0. The third-order valence-corrected chi connectivity index (χ3v) is 4.32. The predicted octanol–water partition coefficient (Wildman–Crippen LogP) is 5.05. The van der Waals surface area contributed by atoms with E-state index in [9.17, 15) is 4.39 Å². The van der Waals surface area contributed by atoms with Gasteiger partial charge in [-0.15, -0.1) is 0 Å². The van der Waals surface area contributed by atoms with Crippen LogP contribution in [-0.2, 0) is 0 Å². The van der Waals surface area contributed by atoms with Crippen molar-refractivity contribution in [1.82, 2.24) is 5.32 Å². The largest absolute Gasteiger partial charge is 0.313 e. The van der Waals surface area contributed by atoms with Gasteiger partial charge in [-0.25, -0.2) is 4.39 Å². The zero-order valence-corrected chi connectivity index (χ0v) is 12.8. The van der Waals surface area contributed by atoms with E-state index in [1.54, 1.807) is 12.1 Å². The van der Waals surface area contributed by atoms with Crippen LogP contribution in [0.1, 0.15) is 44.6 Å². The van der Waals surface area contributed by atoms with Crippen LogP contribution in [-0.4, -0.2) is 13.1 Å². The lowest BCUT2D eigenvalue weighted by Crippen LogP contribution is -2.22. The molecule has 2 rings (SSSR count). The number of likely N-dealkylation sites (N-methyl/N-ethyl adjacent to an activating group) is 1.